The molecule has 0 fully saturated rings. The van der Waals surface area contributed by atoms with Crippen molar-refractivity contribution in [2.24, 2.45) is 0 Å². The Bertz CT molecular complexity index is 370. The Morgan fingerprint density at radius 3 is 1.69 bits per heavy atom. The number of ether oxygens (including phenoxy) is 2. The van der Waals surface area contributed by atoms with Crippen LogP contribution in [0.3, 0.4) is 0 Å². The van der Waals surface area contributed by atoms with Gasteiger partial charge in [0.25, 0.3) is 0 Å². The average molecular weight is 432 g/mol. The minimum atomic E-state index is -1.55. The molecule has 0 radical (unpaired) electrons. The van der Waals surface area contributed by atoms with E-state index in [4.69, 9.17) is 44.3 Å². The van der Waals surface area contributed by atoms with Crippen molar-refractivity contribution < 1.29 is 19.1 Å². The SMILES string of the molecule is CCCCCCCOC(=O)CCCCCCCCC(=O)OCC(Cl)(Cl)Cl. The summed E-state index contributed by atoms with van der Waals surface area (Å²) in [7, 11) is 0. The molecule has 0 atom stereocenters. The zero-order chi connectivity index (χ0) is 19.7. The Kier molecular flexibility index (Phi) is 16.8. The lowest BCUT2D eigenvalue weighted by atomic mass is 10.1. The fraction of sp³-hybridized carbons (Fsp3) is 0.895. The second kappa shape index (κ2) is 16.9. The molecule has 0 aliphatic heterocycles. The van der Waals surface area contributed by atoms with Gasteiger partial charge in [0.2, 0.25) is 3.79 Å². The highest BCUT2D eigenvalue weighted by molar-refractivity contribution is 6.67. The van der Waals surface area contributed by atoms with E-state index < -0.39 is 3.79 Å². The summed E-state index contributed by atoms with van der Waals surface area (Å²) in [6.45, 7) is 2.52. The van der Waals surface area contributed by atoms with Crippen LogP contribution in [0, 0.1) is 0 Å². The summed E-state index contributed by atoms with van der Waals surface area (Å²) in [5.74, 6) is -0.425. The summed E-state index contributed by atoms with van der Waals surface area (Å²) in [5, 5.41) is 0. The molecule has 0 aliphatic rings. The zero-order valence-electron chi connectivity index (χ0n) is 15.9. The monoisotopic (exact) mass is 430 g/mol. The third-order valence-electron chi connectivity index (χ3n) is 3.92. The lowest BCUT2D eigenvalue weighted by Gasteiger charge is -2.11. The number of hydrogen-bond donors (Lipinski definition) is 0. The van der Waals surface area contributed by atoms with E-state index in [-0.39, 0.29) is 18.5 Å². The van der Waals surface area contributed by atoms with Crippen LogP contribution in [0.4, 0.5) is 0 Å². The molecule has 4 nitrogen and oxygen atoms in total. The molecule has 26 heavy (non-hydrogen) atoms. The number of carbonyl (C=O) groups excluding carboxylic acids is 2. The van der Waals surface area contributed by atoms with E-state index in [0.717, 1.165) is 51.4 Å². The number of unbranched alkanes of at least 4 members (excludes halogenated alkanes) is 9. The van der Waals surface area contributed by atoms with E-state index in [9.17, 15) is 9.59 Å². The first-order valence-electron chi connectivity index (χ1n) is 9.73. The molecule has 0 aromatic rings. The van der Waals surface area contributed by atoms with Gasteiger partial charge in [-0.1, -0.05) is 93.1 Å². The van der Waals surface area contributed by atoms with Gasteiger partial charge in [0, 0.05) is 12.8 Å². The summed E-state index contributed by atoms with van der Waals surface area (Å²) in [6, 6.07) is 0. The molecule has 0 unspecified atom stereocenters. The quantitative estimate of drug-likeness (QED) is 0.158. The van der Waals surface area contributed by atoms with Gasteiger partial charge in [-0.05, 0) is 19.3 Å². The first-order valence-corrected chi connectivity index (χ1v) is 10.9. The Morgan fingerprint density at radius 2 is 1.15 bits per heavy atom. The van der Waals surface area contributed by atoms with Crippen LogP contribution < -0.4 is 0 Å². The number of carbonyl (C=O) groups is 2. The van der Waals surface area contributed by atoms with Gasteiger partial charge in [-0.3, -0.25) is 9.59 Å². The molecular formula is C19H33Cl3O4. The molecule has 0 amide bonds. The predicted molar refractivity (Wildman–Crippen MR) is 108 cm³/mol. The van der Waals surface area contributed by atoms with Crippen molar-refractivity contribution in [1.29, 1.82) is 0 Å². The third-order valence-corrected chi connectivity index (χ3v) is 4.25. The number of rotatable bonds is 16. The van der Waals surface area contributed by atoms with Gasteiger partial charge < -0.3 is 9.47 Å². The van der Waals surface area contributed by atoms with Crippen molar-refractivity contribution in [3.63, 3.8) is 0 Å². The highest BCUT2D eigenvalue weighted by atomic mass is 35.6. The van der Waals surface area contributed by atoms with Crippen LogP contribution in [-0.2, 0) is 19.1 Å². The van der Waals surface area contributed by atoms with Crippen LogP contribution in [0.25, 0.3) is 0 Å². The molecular weight excluding hydrogens is 399 g/mol. The molecule has 7 heteroatoms. The van der Waals surface area contributed by atoms with Crippen LogP contribution in [-0.4, -0.2) is 28.9 Å². The topological polar surface area (TPSA) is 52.6 Å². The fourth-order valence-electron chi connectivity index (χ4n) is 2.44. The zero-order valence-corrected chi connectivity index (χ0v) is 18.1. The van der Waals surface area contributed by atoms with Crippen molar-refractivity contribution in [3.05, 3.63) is 0 Å². The molecule has 0 spiro atoms. The van der Waals surface area contributed by atoms with Gasteiger partial charge in [0.15, 0.2) is 0 Å². The Hall–Kier alpha value is -0.190. The molecule has 0 N–H and O–H groups in total. The fourth-order valence-corrected chi connectivity index (χ4v) is 2.61. The number of halogens is 3. The normalized spacial score (nSPS) is 11.4. The van der Waals surface area contributed by atoms with Gasteiger partial charge >= 0.3 is 11.9 Å². The van der Waals surface area contributed by atoms with Crippen molar-refractivity contribution >= 4 is 46.7 Å². The first kappa shape index (κ1) is 25.8. The maximum atomic E-state index is 11.6. The summed E-state index contributed by atoms with van der Waals surface area (Å²) in [4.78, 5) is 23.0. The van der Waals surface area contributed by atoms with Gasteiger partial charge in [-0.25, -0.2) is 0 Å². The lowest BCUT2D eigenvalue weighted by molar-refractivity contribution is -0.144. The van der Waals surface area contributed by atoms with Gasteiger partial charge in [0.1, 0.15) is 6.61 Å². The van der Waals surface area contributed by atoms with Crippen LogP contribution in [0.15, 0.2) is 0 Å². The number of alkyl halides is 3. The molecule has 0 rings (SSSR count). The molecule has 0 heterocycles. The molecule has 0 saturated heterocycles. The van der Waals surface area contributed by atoms with Crippen LogP contribution in [0.5, 0.6) is 0 Å². The van der Waals surface area contributed by atoms with Crippen LogP contribution in [0.1, 0.15) is 90.4 Å². The lowest BCUT2D eigenvalue weighted by Crippen LogP contribution is -2.17. The average Bonchev–Trinajstić information content (AvgIpc) is 2.57. The smallest absolute Gasteiger partial charge is 0.305 e. The largest absolute Gasteiger partial charge is 0.466 e. The maximum absolute atomic E-state index is 11.6. The minimum absolute atomic E-state index is 0.0859. The Balaban J connectivity index is 3.32. The van der Waals surface area contributed by atoms with Crippen LogP contribution in [0.2, 0.25) is 0 Å². The maximum Gasteiger partial charge on any atom is 0.305 e. The van der Waals surface area contributed by atoms with E-state index in [1.54, 1.807) is 0 Å². The highest BCUT2D eigenvalue weighted by Gasteiger charge is 2.21. The van der Waals surface area contributed by atoms with E-state index in [1.807, 2.05) is 0 Å². The number of hydrogen-bond acceptors (Lipinski definition) is 4. The second-order valence-corrected chi connectivity index (χ2v) is 9.05. The molecule has 0 bridgehead atoms. The van der Waals surface area contributed by atoms with Crippen molar-refractivity contribution in [3.8, 4) is 0 Å². The standard InChI is InChI=1S/C19H33Cl3O4/c1-2-3-4-9-12-15-25-17(23)13-10-7-5-6-8-11-14-18(24)26-16-19(20,21)22/h2-16H2,1H3. The van der Waals surface area contributed by atoms with E-state index >= 15 is 0 Å². The molecule has 0 aromatic carbocycles. The minimum Gasteiger partial charge on any atom is -0.466 e. The highest BCUT2D eigenvalue weighted by Crippen LogP contribution is 2.26. The van der Waals surface area contributed by atoms with Crippen molar-refractivity contribution in [2.45, 2.75) is 94.2 Å². The summed E-state index contributed by atoms with van der Waals surface area (Å²) in [6.07, 6.45) is 12.3. The van der Waals surface area contributed by atoms with Gasteiger partial charge in [0.05, 0.1) is 6.61 Å². The Labute approximate surface area is 173 Å². The Morgan fingerprint density at radius 1 is 0.692 bits per heavy atom. The summed E-state index contributed by atoms with van der Waals surface area (Å²) in [5.41, 5.74) is 0. The molecule has 0 aliphatic carbocycles. The van der Waals surface area contributed by atoms with E-state index in [0.29, 0.717) is 19.4 Å². The molecule has 0 saturated carbocycles. The predicted octanol–water partition coefficient (Wildman–Crippen LogP) is 6.53. The van der Waals surface area contributed by atoms with Gasteiger partial charge in [-0.2, -0.15) is 0 Å². The molecule has 0 aromatic heterocycles. The van der Waals surface area contributed by atoms with E-state index in [1.165, 1.54) is 19.3 Å². The number of esters is 2. The van der Waals surface area contributed by atoms with Gasteiger partial charge in [-0.15, -0.1) is 0 Å². The van der Waals surface area contributed by atoms with Crippen molar-refractivity contribution in [1.82, 2.24) is 0 Å². The van der Waals surface area contributed by atoms with E-state index in [2.05, 4.69) is 6.92 Å². The first-order chi connectivity index (χ1) is 12.3. The third kappa shape index (κ3) is 20.1. The molecule has 154 valence electrons. The second-order valence-electron chi connectivity index (χ2n) is 6.53. The summed E-state index contributed by atoms with van der Waals surface area (Å²) < 4.78 is 8.52. The van der Waals surface area contributed by atoms with Crippen molar-refractivity contribution in [2.75, 3.05) is 13.2 Å². The summed E-state index contributed by atoms with van der Waals surface area (Å²) >= 11 is 16.5. The van der Waals surface area contributed by atoms with Crippen LogP contribution >= 0.6 is 34.8 Å².